The first kappa shape index (κ1) is 21.4. The zero-order valence-corrected chi connectivity index (χ0v) is 17.7. The lowest BCUT2D eigenvalue weighted by atomic mass is 10.0. The Morgan fingerprint density at radius 1 is 0.933 bits per heavy atom. The number of methoxy groups -OCH3 is 3. The third-order valence-corrected chi connectivity index (χ3v) is 6.53. The molecule has 1 heterocycles. The number of carbonyl (C=O) groups excluding carboxylic acids is 2. The lowest BCUT2D eigenvalue weighted by molar-refractivity contribution is -0.136. The molecule has 2 aromatic carbocycles. The molecule has 0 fully saturated rings. The zero-order valence-electron chi connectivity index (χ0n) is 16.9. The molecule has 0 N–H and O–H groups in total. The van der Waals surface area contributed by atoms with Crippen LogP contribution in [0.3, 0.4) is 0 Å². The van der Waals surface area contributed by atoms with E-state index in [-0.39, 0.29) is 16.2 Å². The van der Waals surface area contributed by atoms with Crippen LogP contribution in [0.15, 0.2) is 64.8 Å². The van der Waals surface area contributed by atoms with E-state index in [1.165, 1.54) is 26.4 Å². The Bertz CT molecular complexity index is 1100. The van der Waals surface area contributed by atoms with Crippen molar-refractivity contribution in [3.63, 3.8) is 0 Å². The van der Waals surface area contributed by atoms with Crippen LogP contribution in [0.4, 0.5) is 0 Å². The third kappa shape index (κ3) is 3.52. The predicted molar refractivity (Wildman–Crippen MR) is 107 cm³/mol. The molecule has 8 nitrogen and oxygen atoms in total. The van der Waals surface area contributed by atoms with E-state index < -0.39 is 27.9 Å². The quantitative estimate of drug-likeness (QED) is 0.648. The van der Waals surface area contributed by atoms with Crippen LogP contribution < -0.4 is 4.74 Å². The van der Waals surface area contributed by atoms with Gasteiger partial charge in [-0.25, -0.2) is 17.5 Å². The van der Waals surface area contributed by atoms with E-state index in [0.717, 1.165) is 12.7 Å². The van der Waals surface area contributed by atoms with Crippen LogP contribution >= 0.6 is 0 Å². The van der Waals surface area contributed by atoms with Gasteiger partial charge in [-0.05, 0) is 36.8 Å². The van der Waals surface area contributed by atoms with Gasteiger partial charge in [0, 0.05) is 0 Å². The summed E-state index contributed by atoms with van der Waals surface area (Å²) in [5.74, 6) is -1.65. The topological polar surface area (TPSA) is 99.2 Å². The number of amides is 1. The van der Waals surface area contributed by atoms with Crippen molar-refractivity contribution in [3.8, 4) is 5.75 Å². The molecule has 2 aromatic rings. The van der Waals surface area contributed by atoms with E-state index in [1.54, 1.807) is 36.4 Å². The predicted octanol–water partition coefficient (Wildman–Crippen LogP) is 2.35. The number of esters is 1. The summed E-state index contributed by atoms with van der Waals surface area (Å²) in [7, 11) is -0.475. The monoisotopic (exact) mass is 431 g/mol. The minimum Gasteiger partial charge on any atom is -0.497 e. The van der Waals surface area contributed by atoms with Crippen LogP contribution in [-0.2, 0) is 29.1 Å². The van der Waals surface area contributed by atoms with Gasteiger partial charge in [0.05, 0.1) is 26.2 Å². The summed E-state index contributed by atoms with van der Waals surface area (Å²) in [5.41, 5.74) is 1.05. The smallest absolute Gasteiger partial charge is 0.340 e. The van der Waals surface area contributed by atoms with Crippen molar-refractivity contribution >= 4 is 21.9 Å². The van der Waals surface area contributed by atoms with Gasteiger partial charge in [0.2, 0.25) is 0 Å². The first-order chi connectivity index (χ1) is 14.3. The lowest BCUT2D eigenvalue weighted by Gasteiger charge is -2.26. The second-order valence-electron chi connectivity index (χ2n) is 6.53. The number of ether oxygens (including phenoxy) is 3. The summed E-state index contributed by atoms with van der Waals surface area (Å²) in [6, 6.07) is 11.2. The van der Waals surface area contributed by atoms with Crippen LogP contribution in [0.1, 0.15) is 17.2 Å². The molecule has 0 saturated heterocycles. The Labute approximate surface area is 174 Å². The molecule has 158 valence electrons. The Kier molecular flexibility index (Phi) is 5.84. The highest BCUT2D eigenvalue weighted by molar-refractivity contribution is 7.89. The van der Waals surface area contributed by atoms with Gasteiger partial charge in [-0.3, -0.25) is 4.79 Å². The van der Waals surface area contributed by atoms with E-state index in [2.05, 4.69) is 0 Å². The molecule has 1 amide bonds. The summed E-state index contributed by atoms with van der Waals surface area (Å²) in [5, 5.41) is 0. The molecule has 1 aliphatic heterocycles. The van der Waals surface area contributed by atoms with Crippen molar-refractivity contribution in [1.29, 1.82) is 0 Å². The van der Waals surface area contributed by atoms with Crippen LogP contribution in [0, 0.1) is 6.92 Å². The molecule has 0 bridgehead atoms. The van der Waals surface area contributed by atoms with E-state index in [1.807, 2.05) is 6.92 Å². The van der Waals surface area contributed by atoms with Gasteiger partial charge in [0.25, 0.3) is 10.0 Å². The van der Waals surface area contributed by atoms with E-state index in [4.69, 9.17) is 14.2 Å². The number of hydrogen-bond donors (Lipinski definition) is 0. The molecule has 30 heavy (non-hydrogen) atoms. The van der Waals surface area contributed by atoms with Crippen molar-refractivity contribution in [2.24, 2.45) is 0 Å². The largest absolute Gasteiger partial charge is 0.497 e. The highest BCUT2D eigenvalue weighted by atomic mass is 32.2. The molecule has 1 aliphatic rings. The minimum absolute atomic E-state index is 0.0819. The van der Waals surface area contributed by atoms with Crippen molar-refractivity contribution < 1.29 is 32.2 Å². The fourth-order valence-electron chi connectivity index (χ4n) is 3.25. The van der Waals surface area contributed by atoms with Gasteiger partial charge >= 0.3 is 11.9 Å². The maximum absolute atomic E-state index is 13.4. The van der Waals surface area contributed by atoms with Crippen LogP contribution in [0.5, 0.6) is 5.75 Å². The molecule has 1 unspecified atom stereocenters. The highest BCUT2D eigenvalue weighted by Crippen LogP contribution is 2.42. The number of rotatable bonds is 6. The lowest BCUT2D eigenvalue weighted by Crippen LogP contribution is -2.37. The van der Waals surface area contributed by atoms with Crippen LogP contribution in [0.25, 0.3) is 0 Å². The average molecular weight is 431 g/mol. The summed E-state index contributed by atoms with van der Waals surface area (Å²) in [6.45, 7) is 1.82. The Balaban J connectivity index is 2.23. The Morgan fingerprint density at radius 2 is 1.53 bits per heavy atom. The second-order valence-corrected chi connectivity index (χ2v) is 8.35. The van der Waals surface area contributed by atoms with Gasteiger partial charge in [0.1, 0.15) is 17.4 Å². The Morgan fingerprint density at radius 3 is 2.03 bits per heavy atom. The normalized spacial score (nSPS) is 16.6. The molecule has 0 aromatic heterocycles. The van der Waals surface area contributed by atoms with Gasteiger partial charge in [-0.15, -0.1) is 0 Å². The van der Waals surface area contributed by atoms with Gasteiger partial charge in [-0.1, -0.05) is 29.8 Å². The number of nitrogens with zero attached hydrogens (tertiary/aromatic N) is 1. The van der Waals surface area contributed by atoms with Crippen molar-refractivity contribution in [2.75, 3.05) is 21.3 Å². The molecule has 1 atom stereocenters. The zero-order chi connectivity index (χ0) is 22.1. The molecule has 0 radical (unpaired) electrons. The molecule has 0 spiro atoms. The summed E-state index contributed by atoms with van der Waals surface area (Å²) in [6.07, 6.45) is 0. The second kappa shape index (κ2) is 8.19. The maximum Gasteiger partial charge on any atom is 0.340 e. The van der Waals surface area contributed by atoms with Crippen molar-refractivity contribution in [1.82, 2.24) is 4.31 Å². The maximum atomic E-state index is 13.4. The molecule has 0 aliphatic carbocycles. The number of sulfonamides is 1. The minimum atomic E-state index is -4.31. The molecule has 9 heteroatoms. The SMILES string of the molecule is COC(=O)C1=C(OC)C(=O)N(S(=O)(=O)c2ccc(C)cc2)C1c1ccc(OC)cc1. The van der Waals surface area contributed by atoms with Crippen LogP contribution in [-0.4, -0.2) is 45.9 Å². The summed E-state index contributed by atoms with van der Waals surface area (Å²) >= 11 is 0. The fraction of sp³-hybridized carbons (Fsp3) is 0.238. The molecule has 0 saturated carbocycles. The first-order valence-electron chi connectivity index (χ1n) is 8.92. The number of benzene rings is 2. The van der Waals surface area contributed by atoms with Crippen molar-refractivity contribution in [3.05, 3.63) is 71.0 Å². The number of aryl methyl sites for hydroxylation is 1. The number of carbonyl (C=O) groups is 2. The Hall–Kier alpha value is -3.33. The van der Waals surface area contributed by atoms with E-state index in [0.29, 0.717) is 15.6 Å². The third-order valence-electron chi connectivity index (χ3n) is 4.77. The van der Waals surface area contributed by atoms with Gasteiger partial charge < -0.3 is 14.2 Å². The van der Waals surface area contributed by atoms with Crippen molar-refractivity contribution in [2.45, 2.75) is 17.9 Å². The van der Waals surface area contributed by atoms with Gasteiger partial charge in [0.15, 0.2) is 5.76 Å². The fourth-order valence-corrected chi connectivity index (χ4v) is 4.76. The summed E-state index contributed by atoms with van der Waals surface area (Å²) in [4.78, 5) is 25.5. The molecule has 3 rings (SSSR count). The van der Waals surface area contributed by atoms with E-state index in [9.17, 15) is 18.0 Å². The average Bonchev–Trinajstić information content (AvgIpc) is 3.06. The molecular formula is C21H21NO7S. The highest BCUT2D eigenvalue weighted by Gasteiger charge is 2.51. The number of hydrogen-bond acceptors (Lipinski definition) is 7. The van der Waals surface area contributed by atoms with E-state index >= 15 is 0 Å². The summed E-state index contributed by atoms with van der Waals surface area (Å²) < 4.78 is 42.6. The standard InChI is InChI=1S/C21H21NO7S/c1-13-5-11-16(12-6-13)30(25,26)22-18(14-7-9-15(27-2)10-8-14)17(21(24)29-4)19(28-3)20(22)23/h5-12,18H,1-4H3. The van der Waals surface area contributed by atoms with Gasteiger partial charge in [-0.2, -0.15) is 0 Å². The first-order valence-corrected chi connectivity index (χ1v) is 10.4. The molecular weight excluding hydrogens is 410 g/mol. The van der Waals surface area contributed by atoms with Crippen LogP contribution in [0.2, 0.25) is 0 Å².